The van der Waals surface area contributed by atoms with E-state index in [1.54, 1.807) is 19.1 Å². The second-order valence-electron chi connectivity index (χ2n) is 6.59. The number of carbonyl (C=O) groups excluding carboxylic acids is 2. The van der Waals surface area contributed by atoms with Crippen LogP contribution in [-0.2, 0) is 20.9 Å². The normalized spacial score (nSPS) is 11.5. The van der Waals surface area contributed by atoms with E-state index in [1.807, 2.05) is 47.8 Å². The van der Waals surface area contributed by atoms with Gasteiger partial charge in [-0.15, -0.1) is 11.3 Å². The van der Waals surface area contributed by atoms with Crippen molar-refractivity contribution in [3.8, 4) is 11.3 Å². The topological polar surface area (TPSA) is 118 Å². The van der Waals surface area contributed by atoms with Crippen molar-refractivity contribution in [2.75, 3.05) is 11.1 Å². The average Bonchev–Trinajstić information content (AvgIpc) is 3.21. The highest BCUT2D eigenvalue weighted by atomic mass is 32.1. The molecule has 0 saturated carbocycles. The van der Waals surface area contributed by atoms with E-state index in [2.05, 4.69) is 10.3 Å². The lowest BCUT2D eigenvalue weighted by Crippen LogP contribution is -2.34. The number of esters is 1. The number of hydrogen-bond acceptors (Lipinski definition) is 7. The molecule has 1 amide bonds. The first-order valence-corrected chi connectivity index (χ1v) is 10.3. The highest BCUT2D eigenvalue weighted by Crippen LogP contribution is 2.26. The van der Waals surface area contributed by atoms with Crippen molar-refractivity contribution in [2.45, 2.75) is 20.0 Å². The first-order valence-electron chi connectivity index (χ1n) is 9.39. The van der Waals surface area contributed by atoms with E-state index >= 15 is 0 Å². The molecule has 30 heavy (non-hydrogen) atoms. The Bertz CT molecular complexity index is 1050. The van der Waals surface area contributed by atoms with E-state index in [1.165, 1.54) is 11.3 Å². The van der Waals surface area contributed by atoms with Gasteiger partial charge >= 0.3 is 5.97 Å². The zero-order valence-corrected chi connectivity index (χ0v) is 17.2. The Balaban J connectivity index is 1.61. The number of nitrogens with two attached hydrogens (primary N) is 1. The summed E-state index contributed by atoms with van der Waals surface area (Å²) in [7, 11) is 0. The predicted molar refractivity (Wildman–Crippen MR) is 118 cm³/mol. The maximum Gasteiger partial charge on any atom is 0.353 e. The van der Waals surface area contributed by atoms with Gasteiger partial charge in [0.1, 0.15) is 12.3 Å². The number of nitrogen functional groups attached to an aromatic ring is 1. The molecule has 1 heterocycles. The molecule has 0 spiro atoms. The number of hydrogen-bond donors (Lipinski definition) is 3. The third kappa shape index (κ3) is 5.30. The fraction of sp³-hybridized carbons (Fsp3) is 0.182. The van der Waals surface area contributed by atoms with Gasteiger partial charge in [0, 0.05) is 16.6 Å². The highest BCUT2D eigenvalue weighted by Gasteiger charge is 2.28. The van der Waals surface area contributed by atoms with Crippen LogP contribution in [0, 0.1) is 11.3 Å². The minimum atomic E-state index is -0.923. The quantitative estimate of drug-likeness (QED) is 0.287. The van der Waals surface area contributed by atoms with Crippen molar-refractivity contribution in [1.82, 2.24) is 4.98 Å². The smallest absolute Gasteiger partial charge is 0.353 e. The van der Waals surface area contributed by atoms with Gasteiger partial charge in [0.05, 0.1) is 11.6 Å². The molecule has 1 atom stereocenters. The molecule has 3 rings (SSSR count). The lowest BCUT2D eigenvalue weighted by Gasteiger charge is -2.14. The molecule has 1 aromatic heterocycles. The molecular weight excluding hydrogens is 400 g/mol. The Morgan fingerprint density at radius 3 is 2.67 bits per heavy atom. The number of benzene rings is 2. The van der Waals surface area contributed by atoms with Gasteiger partial charge in [0.2, 0.25) is 5.91 Å². The fourth-order valence-corrected chi connectivity index (χ4v) is 3.54. The van der Waals surface area contributed by atoms with Crippen LogP contribution in [0.1, 0.15) is 18.9 Å². The lowest BCUT2D eigenvalue weighted by atomic mass is 9.99. The summed E-state index contributed by atoms with van der Waals surface area (Å²) in [4.78, 5) is 29.3. The molecule has 4 N–H and O–H groups in total. The van der Waals surface area contributed by atoms with Gasteiger partial charge in [0.15, 0.2) is 5.13 Å². The van der Waals surface area contributed by atoms with Gasteiger partial charge in [-0.1, -0.05) is 49.4 Å². The molecule has 7 nitrogen and oxygen atoms in total. The number of rotatable bonds is 8. The van der Waals surface area contributed by atoms with Crippen LogP contribution in [0.15, 0.2) is 60.0 Å². The van der Waals surface area contributed by atoms with Crippen molar-refractivity contribution in [3.63, 3.8) is 0 Å². The number of ether oxygens (including phenoxy) is 1. The van der Waals surface area contributed by atoms with Crippen LogP contribution in [0.5, 0.6) is 0 Å². The second-order valence-corrected chi connectivity index (χ2v) is 7.45. The third-order valence-corrected chi connectivity index (χ3v) is 5.18. The Labute approximate surface area is 178 Å². The van der Waals surface area contributed by atoms with E-state index in [0.29, 0.717) is 22.9 Å². The molecule has 0 aliphatic carbocycles. The van der Waals surface area contributed by atoms with Gasteiger partial charge in [-0.3, -0.25) is 10.2 Å². The fourth-order valence-electron chi connectivity index (χ4n) is 2.82. The summed E-state index contributed by atoms with van der Waals surface area (Å²) < 4.78 is 5.18. The van der Waals surface area contributed by atoms with Crippen molar-refractivity contribution in [3.05, 3.63) is 65.5 Å². The standard InChI is InChI=1S/C22H22N4O3S/c1-2-17(19(24)21(28)29-12-14-7-4-3-5-8-14)20(27)26-22-25-18(13-30-22)15-9-6-10-16(23)11-15/h3-11,13,17,24H,2,12,23H2,1H3,(H,25,26,27)/t17-/m0/s1. The van der Waals surface area contributed by atoms with Crippen LogP contribution in [0.25, 0.3) is 11.3 Å². The van der Waals surface area contributed by atoms with Crippen molar-refractivity contribution in [1.29, 1.82) is 5.41 Å². The molecule has 2 aromatic carbocycles. The first-order chi connectivity index (χ1) is 14.5. The summed E-state index contributed by atoms with van der Waals surface area (Å²) in [6.45, 7) is 1.79. The van der Waals surface area contributed by atoms with Gasteiger partial charge < -0.3 is 15.8 Å². The Morgan fingerprint density at radius 1 is 1.20 bits per heavy atom. The highest BCUT2D eigenvalue weighted by molar-refractivity contribution is 7.14. The van der Waals surface area contributed by atoms with E-state index < -0.39 is 17.8 Å². The Kier molecular flexibility index (Phi) is 6.92. The van der Waals surface area contributed by atoms with Crippen LogP contribution in [-0.4, -0.2) is 22.6 Å². The van der Waals surface area contributed by atoms with Crippen molar-refractivity contribution >= 4 is 39.7 Å². The summed E-state index contributed by atoms with van der Waals surface area (Å²) in [6.07, 6.45) is 0.290. The predicted octanol–water partition coefficient (Wildman–Crippen LogP) is 4.12. The molecule has 0 aliphatic rings. The molecular formula is C22H22N4O3S. The number of nitrogens with zero attached hydrogens (tertiary/aromatic N) is 1. The maximum atomic E-state index is 12.7. The first kappa shape index (κ1) is 21.2. The number of carbonyl (C=O) groups is 2. The summed E-state index contributed by atoms with van der Waals surface area (Å²) in [5.41, 5.74) is 8.40. The zero-order valence-electron chi connectivity index (χ0n) is 16.4. The molecule has 0 fully saturated rings. The minimum absolute atomic E-state index is 0.0517. The summed E-state index contributed by atoms with van der Waals surface area (Å²) in [6, 6.07) is 16.5. The van der Waals surface area contributed by atoms with Crippen molar-refractivity contribution < 1.29 is 14.3 Å². The minimum Gasteiger partial charge on any atom is -0.456 e. The average molecular weight is 423 g/mol. The van der Waals surface area contributed by atoms with E-state index in [0.717, 1.165) is 11.1 Å². The number of amides is 1. The zero-order chi connectivity index (χ0) is 21.5. The summed E-state index contributed by atoms with van der Waals surface area (Å²) >= 11 is 1.26. The van der Waals surface area contributed by atoms with E-state index in [9.17, 15) is 9.59 Å². The number of thiazole rings is 1. The SMILES string of the molecule is CC[C@@H](C(=N)C(=O)OCc1ccccc1)C(=O)Nc1nc(-c2cccc(N)c2)cs1. The molecule has 0 unspecified atom stereocenters. The molecule has 0 radical (unpaired) electrons. The monoisotopic (exact) mass is 422 g/mol. The van der Waals surface area contributed by atoms with Gasteiger partial charge in [-0.05, 0) is 24.1 Å². The lowest BCUT2D eigenvalue weighted by molar-refractivity contribution is -0.137. The molecule has 0 aliphatic heterocycles. The van der Waals surface area contributed by atoms with E-state index in [4.69, 9.17) is 15.9 Å². The van der Waals surface area contributed by atoms with Crippen LogP contribution >= 0.6 is 11.3 Å². The Hall–Kier alpha value is -3.52. The molecule has 3 aromatic rings. The van der Waals surface area contributed by atoms with Gasteiger partial charge in [-0.25, -0.2) is 9.78 Å². The van der Waals surface area contributed by atoms with Crippen LogP contribution in [0.3, 0.4) is 0 Å². The van der Waals surface area contributed by atoms with Crippen LogP contribution in [0.2, 0.25) is 0 Å². The Morgan fingerprint density at radius 2 is 1.97 bits per heavy atom. The molecule has 8 heteroatoms. The van der Waals surface area contributed by atoms with Crippen LogP contribution < -0.4 is 11.1 Å². The number of anilines is 2. The molecule has 0 bridgehead atoms. The molecule has 154 valence electrons. The second kappa shape index (κ2) is 9.80. The molecule has 0 saturated heterocycles. The van der Waals surface area contributed by atoms with Gasteiger partial charge in [-0.2, -0.15) is 0 Å². The number of nitrogens with one attached hydrogen (secondary N) is 2. The van der Waals surface area contributed by atoms with Crippen molar-refractivity contribution in [2.24, 2.45) is 5.92 Å². The van der Waals surface area contributed by atoms with Gasteiger partial charge in [0.25, 0.3) is 0 Å². The maximum absolute atomic E-state index is 12.7. The summed E-state index contributed by atoms with van der Waals surface area (Å²) in [5, 5.41) is 13.0. The number of aromatic nitrogens is 1. The summed E-state index contributed by atoms with van der Waals surface area (Å²) in [5.74, 6) is -2.19. The van der Waals surface area contributed by atoms with Crippen LogP contribution in [0.4, 0.5) is 10.8 Å². The third-order valence-electron chi connectivity index (χ3n) is 4.42. The largest absolute Gasteiger partial charge is 0.456 e. The van der Waals surface area contributed by atoms with E-state index in [-0.39, 0.29) is 12.3 Å².